The fraction of sp³-hybridized carbons (Fsp3) is 0.909. The summed E-state index contributed by atoms with van der Waals surface area (Å²) in [6.45, 7) is 7.83. The number of carbonyl (C=O) groups is 1. The fourth-order valence-corrected chi connectivity index (χ4v) is 1.56. The Labute approximate surface area is 104 Å². The topological polar surface area (TPSA) is 64.3 Å². The summed E-state index contributed by atoms with van der Waals surface area (Å²) in [5.41, 5.74) is 5.40. The Kier molecular flexibility index (Phi) is 6.30. The van der Waals surface area contributed by atoms with Crippen molar-refractivity contribution in [2.45, 2.75) is 32.7 Å². The zero-order valence-electron chi connectivity index (χ0n) is 10.3. The normalized spacial score (nSPS) is 23.7. The third-order valence-electron chi connectivity index (χ3n) is 3.41. The van der Waals surface area contributed by atoms with Gasteiger partial charge in [-0.05, 0) is 19.3 Å². The van der Waals surface area contributed by atoms with Crippen molar-refractivity contribution < 1.29 is 9.53 Å². The summed E-state index contributed by atoms with van der Waals surface area (Å²) in [5.74, 6) is 0.414. The first kappa shape index (κ1) is 15.7. The number of carbonyl (C=O) groups excluding carboxylic acids is 1. The molecule has 0 aromatic rings. The van der Waals surface area contributed by atoms with Gasteiger partial charge in [0.2, 0.25) is 5.91 Å². The third-order valence-corrected chi connectivity index (χ3v) is 3.41. The van der Waals surface area contributed by atoms with Gasteiger partial charge in [0.1, 0.15) is 0 Å². The van der Waals surface area contributed by atoms with Crippen LogP contribution in [0.2, 0.25) is 0 Å². The minimum absolute atomic E-state index is 0. The lowest BCUT2D eigenvalue weighted by Crippen LogP contribution is -2.56. The van der Waals surface area contributed by atoms with Gasteiger partial charge in [-0.3, -0.25) is 4.79 Å². The monoisotopic (exact) mass is 250 g/mol. The average molecular weight is 251 g/mol. The molecule has 1 rings (SSSR count). The predicted octanol–water partition coefficient (Wildman–Crippen LogP) is 0.934. The van der Waals surface area contributed by atoms with E-state index in [9.17, 15) is 4.79 Å². The summed E-state index contributed by atoms with van der Waals surface area (Å²) in [5, 5.41) is 3.04. The maximum absolute atomic E-state index is 11.9. The van der Waals surface area contributed by atoms with Gasteiger partial charge in [0.25, 0.3) is 0 Å². The molecule has 2 atom stereocenters. The molecule has 0 radical (unpaired) electrons. The van der Waals surface area contributed by atoms with Crippen molar-refractivity contribution in [1.29, 1.82) is 0 Å². The molecule has 0 aromatic heterocycles. The van der Waals surface area contributed by atoms with Crippen LogP contribution in [0.3, 0.4) is 0 Å². The number of hydrogen-bond donors (Lipinski definition) is 2. The van der Waals surface area contributed by atoms with Crippen LogP contribution in [0.25, 0.3) is 0 Å². The van der Waals surface area contributed by atoms with Gasteiger partial charge in [-0.1, -0.05) is 13.8 Å². The van der Waals surface area contributed by atoms with Crippen LogP contribution in [0.1, 0.15) is 27.2 Å². The highest BCUT2D eigenvalue weighted by atomic mass is 35.5. The predicted molar refractivity (Wildman–Crippen MR) is 66.6 cm³/mol. The Bertz CT molecular complexity index is 230. The molecule has 96 valence electrons. The van der Waals surface area contributed by atoms with Gasteiger partial charge < -0.3 is 15.8 Å². The smallest absolute Gasteiger partial charge is 0.226 e. The van der Waals surface area contributed by atoms with Crippen LogP contribution in [0.15, 0.2) is 0 Å². The van der Waals surface area contributed by atoms with Crippen molar-refractivity contribution in [3.8, 4) is 0 Å². The van der Waals surface area contributed by atoms with E-state index in [4.69, 9.17) is 10.5 Å². The second-order valence-corrected chi connectivity index (χ2v) is 4.83. The van der Waals surface area contributed by atoms with Crippen LogP contribution >= 0.6 is 12.4 Å². The van der Waals surface area contributed by atoms with E-state index in [1.54, 1.807) is 0 Å². The molecule has 3 N–H and O–H groups in total. The van der Waals surface area contributed by atoms with Crippen LogP contribution in [0, 0.1) is 11.8 Å². The second kappa shape index (κ2) is 6.42. The number of amides is 1. The third kappa shape index (κ3) is 3.61. The molecule has 0 bridgehead atoms. The molecule has 4 nitrogen and oxygen atoms in total. The van der Waals surface area contributed by atoms with Crippen molar-refractivity contribution >= 4 is 18.3 Å². The van der Waals surface area contributed by atoms with Crippen LogP contribution in [-0.4, -0.2) is 31.2 Å². The van der Waals surface area contributed by atoms with Crippen LogP contribution in [0.4, 0.5) is 0 Å². The molecule has 1 saturated heterocycles. The number of rotatable bonds is 4. The molecular weight excluding hydrogens is 228 g/mol. The second-order valence-electron chi connectivity index (χ2n) is 4.83. The fourth-order valence-electron chi connectivity index (χ4n) is 1.56. The first-order chi connectivity index (χ1) is 6.99. The Balaban J connectivity index is 0.00000225. The standard InChI is InChI=1S/C11H22N2O2.ClH/c1-8(2)11(3,7-12)13-10(14)9-4-5-15-6-9;/h8-9H,4-7,12H2,1-3H3,(H,13,14);1H. The van der Waals surface area contributed by atoms with E-state index < -0.39 is 0 Å². The maximum Gasteiger partial charge on any atom is 0.226 e. The summed E-state index contributed by atoms with van der Waals surface area (Å²) >= 11 is 0. The molecular formula is C11H23ClN2O2. The number of nitrogens with two attached hydrogens (primary N) is 1. The molecule has 1 fully saturated rings. The zero-order chi connectivity index (χ0) is 11.5. The van der Waals surface area contributed by atoms with E-state index in [1.165, 1.54) is 0 Å². The molecule has 0 aliphatic carbocycles. The van der Waals surface area contributed by atoms with Gasteiger partial charge in [-0.15, -0.1) is 12.4 Å². The van der Waals surface area contributed by atoms with Crippen LogP contribution < -0.4 is 11.1 Å². The molecule has 0 aromatic carbocycles. The van der Waals surface area contributed by atoms with Gasteiger partial charge in [-0.2, -0.15) is 0 Å². The van der Waals surface area contributed by atoms with E-state index in [0.717, 1.165) is 6.42 Å². The lowest BCUT2D eigenvalue weighted by atomic mass is 9.88. The SMILES string of the molecule is CC(C)C(C)(CN)NC(=O)C1CCOC1.Cl. The first-order valence-electron chi connectivity index (χ1n) is 5.59. The van der Waals surface area contributed by atoms with E-state index in [-0.39, 0.29) is 29.8 Å². The van der Waals surface area contributed by atoms with E-state index >= 15 is 0 Å². The highest BCUT2D eigenvalue weighted by Crippen LogP contribution is 2.18. The number of halogens is 1. The van der Waals surface area contributed by atoms with Crippen LogP contribution in [-0.2, 0) is 9.53 Å². The molecule has 0 saturated carbocycles. The van der Waals surface area contributed by atoms with Gasteiger partial charge in [-0.25, -0.2) is 0 Å². The Morgan fingerprint density at radius 2 is 2.25 bits per heavy atom. The molecule has 1 amide bonds. The minimum atomic E-state index is -0.306. The lowest BCUT2D eigenvalue weighted by molar-refractivity contribution is -0.127. The largest absolute Gasteiger partial charge is 0.381 e. The summed E-state index contributed by atoms with van der Waals surface area (Å²) in [6.07, 6.45) is 0.824. The van der Waals surface area contributed by atoms with E-state index in [1.807, 2.05) is 6.92 Å². The number of ether oxygens (including phenoxy) is 1. The number of hydrogen-bond acceptors (Lipinski definition) is 3. The Morgan fingerprint density at radius 1 is 1.62 bits per heavy atom. The number of nitrogens with one attached hydrogen (secondary N) is 1. The Morgan fingerprint density at radius 3 is 2.62 bits per heavy atom. The summed E-state index contributed by atoms with van der Waals surface area (Å²) in [7, 11) is 0. The first-order valence-corrected chi connectivity index (χ1v) is 5.59. The van der Waals surface area contributed by atoms with Gasteiger partial charge in [0, 0.05) is 13.2 Å². The molecule has 2 unspecified atom stereocenters. The van der Waals surface area contributed by atoms with Crippen molar-refractivity contribution in [3.63, 3.8) is 0 Å². The van der Waals surface area contributed by atoms with Crippen molar-refractivity contribution in [2.75, 3.05) is 19.8 Å². The molecule has 1 aliphatic heterocycles. The lowest BCUT2D eigenvalue weighted by Gasteiger charge is -2.34. The van der Waals surface area contributed by atoms with Crippen molar-refractivity contribution in [2.24, 2.45) is 17.6 Å². The summed E-state index contributed by atoms with van der Waals surface area (Å²) < 4.78 is 5.19. The van der Waals surface area contributed by atoms with E-state index in [2.05, 4.69) is 19.2 Å². The molecule has 1 heterocycles. The van der Waals surface area contributed by atoms with E-state index in [0.29, 0.717) is 25.7 Å². The summed E-state index contributed by atoms with van der Waals surface area (Å²) in [4.78, 5) is 11.9. The molecule has 5 heteroatoms. The molecule has 1 aliphatic rings. The maximum atomic E-state index is 11.9. The van der Waals surface area contributed by atoms with Gasteiger partial charge >= 0.3 is 0 Å². The minimum Gasteiger partial charge on any atom is -0.381 e. The Hall–Kier alpha value is -0.320. The van der Waals surface area contributed by atoms with Crippen LogP contribution in [0.5, 0.6) is 0 Å². The quantitative estimate of drug-likeness (QED) is 0.780. The zero-order valence-corrected chi connectivity index (χ0v) is 11.1. The highest BCUT2D eigenvalue weighted by molar-refractivity contribution is 5.85. The van der Waals surface area contributed by atoms with Crippen molar-refractivity contribution in [3.05, 3.63) is 0 Å². The molecule has 16 heavy (non-hydrogen) atoms. The van der Waals surface area contributed by atoms with Gasteiger partial charge in [0.15, 0.2) is 0 Å². The average Bonchev–Trinajstić information content (AvgIpc) is 2.70. The highest BCUT2D eigenvalue weighted by Gasteiger charge is 2.32. The molecule has 0 spiro atoms. The van der Waals surface area contributed by atoms with Crippen molar-refractivity contribution in [1.82, 2.24) is 5.32 Å². The van der Waals surface area contributed by atoms with Gasteiger partial charge in [0.05, 0.1) is 18.1 Å². The summed E-state index contributed by atoms with van der Waals surface area (Å²) in [6, 6.07) is 0.